The third-order valence-electron chi connectivity index (χ3n) is 3.03. The van der Waals surface area contributed by atoms with E-state index in [0.717, 1.165) is 13.1 Å². The predicted octanol–water partition coefficient (Wildman–Crippen LogP) is 3.86. The standard InChI is InChI=1S/C17H17N/c1-3-5-8-14-18(4-2)17-13-9-11-15-10-6-7-12-16(15)17/h1,5-13H,4,14H2,2H3. The van der Waals surface area contributed by atoms with Crippen molar-refractivity contribution in [1.82, 2.24) is 0 Å². The second kappa shape index (κ2) is 5.93. The summed E-state index contributed by atoms with van der Waals surface area (Å²) in [4.78, 5) is 2.32. The average Bonchev–Trinajstić information content (AvgIpc) is 2.43. The van der Waals surface area contributed by atoms with E-state index in [9.17, 15) is 0 Å². The number of allylic oxidation sites excluding steroid dienone is 1. The first kappa shape index (κ1) is 12.3. The van der Waals surface area contributed by atoms with Gasteiger partial charge in [0.25, 0.3) is 0 Å². The van der Waals surface area contributed by atoms with Crippen molar-refractivity contribution < 1.29 is 0 Å². The van der Waals surface area contributed by atoms with Crippen molar-refractivity contribution in [3.8, 4) is 12.3 Å². The number of hydrogen-bond acceptors (Lipinski definition) is 1. The van der Waals surface area contributed by atoms with Gasteiger partial charge in [0.15, 0.2) is 0 Å². The quantitative estimate of drug-likeness (QED) is 0.727. The zero-order valence-electron chi connectivity index (χ0n) is 10.6. The fourth-order valence-electron chi connectivity index (χ4n) is 2.13. The van der Waals surface area contributed by atoms with Crippen molar-refractivity contribution in [2.75, 3.05) is 18.0 Å². The molecule has 0 amide bonds. The summed E-state index contributed by atoms with van der Waals surface area (Å²) in [5.74, 6) is 2.53. The molecule has 0 heterocycles. The molecule has 0 aromatic heterocycles. The summed E-state index contributed by atoms with van der Waals surface area (Å²) in [6.07, 6.45) is 9.01. The van der Waals surface area contributed by atoms with Gasteiger partial charge in [0.1, 0.15) is 0 Å². The zero-order chi connectivity index (χ0) is 12.8. The second-order valence-corrected chi connectivity index (χ2v) is 4.11. The molecule has 0 aliphatic rings. The molecule has 0 saturated carbocycles. The Balaban J connectivity index is 2.39. The minimum atomic E-state index is 0.842. The Morgan fingerprint density at radius 3 is 2.72 bits per heavy atom. The summed E-state index contributed by atoms with van der Waals surface area (Å²) in [6.45, 7) is 3.96. The maximum atomic E-state index is 5.23. The zero-order valence-corrected chi connectivity index (χ0v) is 10.6. The first-order valence-electron chi connectivity index (χ1n) is 6.20. The molecule has 0 radical (unpaired) electrons. The molecule has 0 aliphatic carbocycles. The molecule has 2 aromatic carbocycles. The number of hydrogen-bond donors (Lipinski definition) is 0. The van der Waals surface area contributed by atoms with E-state index in [4.69, 9.17) is 6.42 Å². The molecule has 0 fully saturated rings. The molecule has 90 valence electrons. The third kappa shape index (κ3) is 2.55. The Kier molecular flexibility index (Phi) is 4.04. The van der Waals surface area contributed by atoms with E-state index in [2.05, 4.69) is 60.2 Å². The van der Waals surface area contributed by atoms with E-state index < -0.39 is 0 Å². The van der Waals surface area contributed by atoms with Gasteiger partial charge in [0.2, 0.25) is 0 Å². The van der Waals surface area contributed by atoms with Gasteiger partial charge in [-0.2, -0.15) is 0 Å². The van der Waals surface area contributed by atoms with E-state index in [0.29, 0.717) is 0 Å². The molecule has 0 bridgehead atoms. The number of likely N-dealkylation sites (N-methyl/N-ethyl adjacent to an activating group) is 1. The summed E-state index contributed by atoms with van der Waals surface area (Å²) in [5.41, 5.74) is 1.26. The lowest BCUT2D eigenvalue weighted by Gasteiger charge is -2.23. The molecule has 0 unspecified atom stereocenters. The Morgan fingerprint density at radius 1 is 1.17 bits per heavy atom. The van der Waals surface area contributed by atoms with Crippen LogP contribution in [0.4, 0.5) is 5.69 Å². The lowest BCUT2D eigenvalue weighted by atomic mass is 10.1. The summed E-state index contributed by atoms with van der Waals surface area (Å²) >= 11 is 0. The molecular weight excluding hydrogens is 218 g/mol. The van der Waals surface area contributed by atoms with Crippen molar-refractivity contribution in [2.24, 2.45) is 0 Å². The summed E-state index contributed by atoms with van der Waals surface area (Å²) in [5, 5.41) is 2.56. The Morgan fingerprint density at radius 2 is 1.94 bits per heavy atom. The highest BCUT2D eigenvalue weighted by molar-refractivity contribution is 5.94. The van der Waals surface area contributed by atoms with Crippen LogP contribution in [-0.4, -0.2) is 13.1 Å². The third-order valence-corrected chi connectivity index (χ3v) is 3.03. The molecule has 0 atom stereocenters. The maximum Gasteiger partial charge on any atom is 0.0448 e. The molecule has 18 heavy (non-hydrogen) atoms. The maximum absolute atomic E-state index is 5.23. The highest BCUT2D eigenvalue weighted by Crippen LogP contribution is 2.26. The molecule has 2 rings (SSSR count). The van der Waals surface area contributed by atoms with Crippen LogP contribution in [0.25, 0.3) is 10.8 Å². The van der Waals surface area contributed by atoms with Gasteiger partial charge in [0.05, 0.1) is 0 Å². The normalized spacial score (nSPS) is 10.7. The lowest BCUT2D eigenvalue weighted by molar-refractivity contribution is 0.911. The van der Waals surface area contributed by atoms with Gasteiger partial charge in [-0.15, -0.1) is 6.42 Å². The lowest BCUT2D eigenvalue weighted by Crippen LogP contribution is -2.22. The van der Waals surface area contributed by atoms with Crippen LogP contribution in [0.3, 0.4) is 0 Å². The molecule has 1 heteroatoms. The van der Waals surface area contributed by atoms with Crippen LogP contribution < -0.4 is 4.90 Å². The molecular formula is C17H17N. The predicted molar refractivity (Wildman–Crippen MR) is 79.8 cm³/mol. The molecule has 0 saturated heterocycles. The van der Waals surface area contributed by atoms with Crippen LogP contribution in [0.2, 0.25) is 0 Å². The van der Waals surface area contributed by atoms with Gasteiger partial charge in [-0.3, -0.25) is 0 Å². The van der Waals surface area contributed by atoms with E-state index in [-0.39, 0.29) is 0 Å². The summed E-state index contributed by atoms with van der Waals surface area (Å²) in [6, 6.07) is 14.9. The number of anilines is 1. The summed E-state index contributed by atoms with van der Waals surface area (Å²) < 4.78 is 0. The highest BCUT2D eigenvalue weighted by atomic mass is 15.1. The Labute approximate surface area is 109 Å². The van der Waals surface area contributed by atoms with E-state index in [1.54, 1.807) is 6.08 Å². The second-order valence-electron chi connectivity index (χ2n) is 4.11. The minimum Gasteiger partial charge on any atom is -0.368 e. The van der Waals surface area contributed by atoms with Crippen LogP contribution in [0.1, 0.15) is 6.92 Å². The van der Waals surface area contributed by atoms with Crippen LogP contribution in [0.5, 0.6) is 0 Å². The number of rotatable bonds is 4. The van der Waals surface area contributed by atoms with Gasteiger partial charge >= 0.3 is 0 Å². The number of benzene rings is 2. The van der Waals surface area contributed by atoms with Gasteiger partial charge in [-0.25, -0.2) is 0 Å². The molecule has 1 nitrogen and oxygen atoms in total. The van der Waals surface area contributed by atoms with Crippen LogP contribution in [0, 0.1) is 12.3 Å². The van der Waals surface area contributed by atoms with E-state index in [1.165, 1.54) is 16.5 Å². The Bertz CT molecular complexity index is 585. The van der Waals surface area contributed by atoms with Gasteiger partial charge in [-0.1, -0.05) is 48.4 Å². The van der Waals surface area contributed by atoms with Crippen molar-refractivity contribution in [2.45, 2.75) is 6.92 Å². The van der Waals surface area contributed by atoms with Crippen molar-refractivity contribution in [3.05, 3.63) is 54.6 Å². The monoisotopic (exact) mass is 235 g/mol. The van der Waals surface area contributed by atoms with Crippen molar-refractivity contribution in [3.63, 3.8) is 0 Å². The van der Waals surface area contributed by atoms with E-state index in [1.807, 2.05) is 6.08 Å². The van der Waals surface area contributed by atoms with Gasteiger partial charge in [-0.05, 0) is 24.5 Å². The van der Waals surface area contributed by atoms with Gasteiger partial charge in [0, 0.05) is 24.2 Å². The fourth-order valence-corrected chi connectivity index (χ4v) is 2.13. The van der Waals surface area contributed by atoms with Crippen molar-refractivity contribution in [1.29, 1.82) is 0 Å². The molecule has 0 N–H and O–H groups in total. The first-order valence-corrected chi connectivity index (χ1v) is 6.20. The van der Waals surface area contributed by atoms with Gasteiger partial charge < -0.3 is 4.90 Å². The van der Waals surface area contributed by atoms with Crippen LogP contribution >= 0.6 is 0 Å². The topological polar surface area (TPSA) is 3.24 Å². The van der Waals surface area contributed by atoms with Crippen LogP contribution in [0.15, 0.2) is 54.6 Å². The number of terminal acetylenes is 1. The van der Waals surface area contributed by atoms with Crippen LogP contribution in [-0.2, 0) is 0 Å². The van der Waals surface area contributed by atoms with Crippen molar-refractivity contribution >= 4 is 16.5 Å². The largest absolute Gasteiger partial charge is 0.368 e. The number of nitrogens with zero attached hydrogens (tertiary/aromatic N) is 1. The highest BCUT2D eigenvalue weighted by Gasteiger charge is 2.06. The average molecular weight is 235 g/mol. The summed E-state index contributed by atoms with van der Waals surface area (Å²) in [7, 11) is 0. The first-order chi connectivity index (χ1) is 8.86. The fraction of sp³-hybridized carbons (Fsp3) is 0.176. The Hall–Kier alpha value is -2.20. The number of fused-ring (bicyclic) bond motifs is 1. The molecule has 0 spiro atoms. The SMILES string of the molecule is C#CC=CCN(CC)c1cccc2ccccc12. The molecule has 2 aromatic rings. The van der Waals surface area contributed by atoms with E-state index >= 15 is 0 Å². The minimum absolute atomic E-state index is 0.842. The molecule has 0 aliphatic heterocycles. The smallest absolute Gasteiger partial charge is 0.0448 e.